The largest absolute Gasteiger partial charge is 0.465 e. The zero-order chi connectivity index (χ0) is 24.2. The van der Waals surface area contributed by atoms with E-state index in [1.54, 1.807) is 0 Å². The van der Waals surface area contributed by atoms with Crippen LogP contribution in [0.15, 0.2) is 115 Å². The minimum atomic E-state index is -0.331. The minimum absolute atomic E-state index is 0.331. The van der Waals surface area contributed by atoms with Gasteiger partial charge in [-0.2, -0.15) is 0 Å². The second-order valence-corrected chi connectivity index (χ2v) is 9.19. The second-order valence-electron chi connectivity index (χ2n) is 9.19. The van der Waals surface area contributed by atoms with Gasteiger partial charge >= 0.3 is 5.97 Å². The van der Waals surface area contributed by atoms with Crippen molar-refractivity contribution in [3.8, 4) is 44.5 Å². The van der Waals surface area contributed by atoms with Gasteiger partial charge in [-0.05, 0) is 78.2 Å². The van der Waals surface area contributed by atoms with Gasteiger partial charge in [0.15, 0.2) is 0 Å². The molecule has 0 heterocycles. The zero-order valence-corrected chi connectivity index (χ0v) is 19.8. The molecule has 1 aliphatic rings. The summed E-state index contributed by atoms with van der Waals surface area (Å²) in [6.07, 6.45) is 0. The molecule has 0 fully saturated rings. The molecule has 6 aromatic carbocycles. The van der Waals surface area contributed by atoms with Gasteiger partial charge in [0, 0.05) is 0 Å². The summed E-state index contributed by atoms with van der Waals surface area (Å²) < 4.78 is 5.10. The molecule has 7 rings (SSSR count). The second kappa shape index (κ2) is 7.93. The Hall–Kier alpha value is -4.69. The number of carbonyl (C=O) groups excluding carboxylic acids is 1. The van der Waals surface area contributed by atoms with E-state index in [4.69, 9.17) is 4.74 Å². The maximum atomic E-state index is 12.6. The highest BCUT2D eigenvalue weighted by Crippen LogP contribution is 2.57. The highest BCUT2D eigenvalue weighted by Gasteiger charge is 2.30. The third-order valence-corrected chi connectivity index (χ3v) is 7.30. The molecule has 2 heteroatoms. The summed E-state index contributed by atoms with van der Waals surface area (Å²) in [7, 11) is 1.43. The molecule has 2 nitrogen and oxygen atoms in total. The van der Waals surface area contributed by atoms with Crippen LogP contribution in [0.5, 0.6) is 0 Å². The van der Waals surface area contributed by atoms with Crippen molar-refractivity contribution in [2.24, 2.45) is 0 Å². The molecule has 0 saturated carbocycles. The molecular formula is C34H22O2. The average Bonchev–Trinajstić information content (AvgIpc) is 3.27. The highest BCUT2D eigenvalue weighted by atomic mass is 16.5. The molecule has 170 valence electrons. The number of ether oxygens (including phenoxy) is 1. The maximum absolute atomic E-state index is 12.6. The fourth-order valence-corrected chi connectivity index (χ4v) is 5.84. The first-order valence-electron chi connectivity index (χ1n) is 12.1. The summed E-state index contributed by atoms with van der Waals surface area (Å²) in [6, 6.07) is 40.2. The van der Waals surface area contributed by atoms with Gasteiger partial charge in [0.2, 0.25) is 0 Å². The van der Waals surface area contributed by atoms with Crippen molar-refractivity contribution in [3.63, 3.8) is 0 Å². The van der Waals surface area contributed by atoms with Crippen molar-refractivity contribution in [2.75, 3.05) is 7.11 Å². The monoisotopic (exact) mass is 462 g/mol. The number of hydrogen-bond acceptors (Lipinski definition) is 2. The van der Waals surface area contributed by atoms with Crippen LogP contribution in [0.1, 0.15) is 10.4 Å². The fraction of sp³-hybridized carbons (Fsp3) is 0.0294. The number of rotatable bonds is 3. The lowest BCUT2D eigenvalue weighted by atomic mass is 9.82. The summed E-state index contributed by atoms with van der Waals surface area (Å²) in [5.41, 5.74) is 10.2. The van der Waals surface area contributed by atoms with E-state index >= 15 is 0 Å². The van der Waals surface area contributed by atoms with Crippen molar-refractivity contribution in [1.29, 1.82) is 0 Å². The van der Waals surface area contributed by atoms with Crippen molar-refractivity contribution in [1.82, 2.24) is 0 Å². The van der Waals surface area contributed by atoms with E-state index in [0.29, 0.717) is 5.56 Å². The predicted octanol–water partition coefficient (Wildman–Crippen LogP) is 8.76. The standard InChI is InChI=1S/C34H22O2/c1-36-34(35)24-18-19-25-28(20-24)31(23-12-6-3-7-13-23)33-27-17-9-15-21-14-8-16-26(29(21)27)32(33)30(25)22-10-4-2-5-11-22/h2-20H,1H3. The molecular weight excluding hydrogens is 440 g/mol. The highest BCUT2D eigenvalue weighted by molar-refractivity contribution is 6.27. The molecule has 0 aliphatic heterocycles. The van der Waals surface area contributed by atoms with E-state index in [9.17, 15) is 4.79 Å². The fourth-order valence-electron chi connectivity index (χ4n) is 5.84. The van der Waals surface area contributed by atoms with Gasteiger partial charge in [-0.1, -0.05) is 103 Å². The molecule has 0 saturated heterocycles. The van der Waals surface area contributed by atoms with E-state index in [2.05, 4.69) is 97.1 Å². The Kier molecular flexibility index (Phi) is 4.55. The predicted molar refractivity (Wildman–Crippen MR) is 148 cm³/mol. The summed E-state index contributed by atoms with van der Waals surface area (Å²) in [5.74, 6) is -0.331. The summed E-state index contributed by atoms with van der Waals surface area (Å²) in [5, 5.41) is 4.69. The van der Waals surface area contributed by atoms with Crippen LogP contribution in [0.3, 0.4) is 0 Å². The number of carbonyl (C=O) groups is 1. The van der Waals surface area contributed by atoms with Gasteiger partial charge in [0.05, 0.1) is 12.7 Å². The number of hydrogen-bond donors (Lipinski definition) is 0. The molecule has 1 aliphatic carbocycles. The van der Waals surface area contributed by atoms with Crippen molar-refractivity contribution >= 4 is 27.5 Å². The summed E-state index contributed by atoms with van der Waals surface area (Å²) >= 11 is 0. The summed E-state index contributed by atoms with van der Waals surface area (Å²) in [4.78, 5) is 12.6. The summed E-state index contributed by atoms with van der Waals surface area (Å²) in [6.45, 7) is 0. The molecule has 0 radical (unpaired) electrons. The van der Waals surface area contributed by atoms with Crippen molar-refractivity contribution in [2.45, 2.75) is 0 Å². The SMILES string of the molecule is COC(=O)c1ccc2c(-c3ccccc3)c3c(c(-c4ccccc4)c2c1)-c1cccc2cccc-3c12. The molecule has 0 spiro atoms. The van der Waals surface area contributed by atoms with Crippen LogP contribution in [0.25, 0.3) is 66.1 Å². The Labute approximate surface area is 209 Å². The quantitative estimate of drug-likeness (QED) is 0.245. The molecule has 36 heavy (non-hydrogen) atoms. The van der Waals surface area contributed by atoms with E-state index in [1.807, 2.05) is 18.2 Å². The lowest BCUT2D eigenvalue weighted by Gasteiger charge is -2.21. The van der Waals surface area contributed by atoms with Gasteiger partial charge in [-0.25, -0.2) is 4.79 Å². The Balaban J connectivity index is 1.75. The van der Waals surface area contributed by atoms with Gasteiger partial charge in [0.25, 0.3) is 0 Å². The minimum Gasteiger partial charge on any atom is -0.465 e. The molecule has 6 aromatic rings. The topological polar surface area (TPSA) is 26.3 Å². The molecule has 0 N–H and O–H groups in total. The number of methoxy groups -OCH3 is 1. The van der Waals surface area contributed by atoms with Crippen LogP contribution in [0.4, 0.5) is 0 Å². The third-order valence-electron chi connectivity index (χ3n) is 7.30. The van der Waals surface area contributed by atoms with Gasteiger partial charge in [-0.15, -0.1) is 0 Å². The van der Waals surface area contributed by atoms with E-state index in [1.165, 1.54) is 45.7 Å². The van der Waals surface area contributed by atoms with Gasteiger partial charge in [0.1, 0.15) is 0 Å². The zero-order valence-electron chi connectivity index (χ0n) is 19.8. The van der Waals surface area contributed by atoms with Crippen LogP contribution >= 0.6 is 0 Å². The first kappa shape index (κ1) is 20.7. The van der Waals surface area contributed by atoms with Crippen LogP contribution in [-0.4, -0.2) is 13.1 Å². The molecule has 0 amide bonds. The van der Waals surface area contributed by atoms with Crippen LogP contribution in [-0.2, 0) is 4.74 Å². The number of benzene rings is 6. The Morgan fingerprint density at radius 1 is 0.556 bits per heavy atom. The smallest absolute Gasteiger partial charge is 0.337 e. The van der Waals surface area contributed by atoms with Crippen LogP contribution in [0.2, 0.25) is 0 Å². The van der Waals surface area contributed by atoms with Crippen molar-refractivity contribution < 1.29 is 9.53 Å². The third kappa shape index (κ3) is 2.88. The molecule has 0 aromatic heterocycles. The molecule has 0 unspecified atom stereocenters. The normalized spacial score (nSPS) is 11.6. The molecule has 0 bridgehead atoms. The first-order chi connectivity index (χ1) is 17.8. The Morgan fingerprint density at radius 3 is 1.67 bits per heavy atom. The van der Waals surface area contributed by atoms with Gasteiger partial charge < -0.3 is 4.74 Å². The Morgan fingerprint density at radius 2 is 1.11 bits per heavy atom. The van der Waals surface area contributed by atoms with E-state index in [-0.39, 0.29) is 5.97 Å². The van der Waals surface area contributed by atoms with Gasteiger partial charge in [-0.3, -0.25) is 0 Å². The van der Waals surface area contributed by atoms with E-state index < -0.39 is 0 Å². The van der Waals surface area contributed by atoms with Crippen LogP contribution < -0.4 is 0 Å². The lowest BCUT2D eigenvalue weighted by Crippen LogP contribution is -2.02. The number of esters is 1. The lowest BCUT2D eigenvalue weighted by molar-refractivity contribution is 0.0601. The number of fused-ring (bicyclic) bond motifs is 4. The molecule has 0 atom stereocenters. The van der Waals surface area contributed by atoms with E-state index in [0.717, 1.165) is 27.5 Å². The van der Waals surface area contributed by atoms with Crippen molar-refractivity contribution in [3.05, 3.63) is 121 Å². The average molecular weight is 463 g/mol. The van der Waals surface area contributed by atoms with Crippen LogP contribution in [0, 0.1) is 0 Å². The maximum Gasteiger partial charge on any atom is 0.337 e. The first-order valence-corrected chi connectivity index (χ1v) is 12.1. The Bertz CT molecular complexity index is 1810.